The number of fused-ring (bicyclic) bond motifs is 1. The van der Waals surface area contributed by atoms with E-state index in [0.717, 1.165) is 17.4 Å². The SMILES string of the molecule is N#Cc1ccc(OC2CCN(C(=O)CCOCCc3cccc4c(=O)[nH]ncc34)C2)nc1. The Bertz CT molecular complexity index is 1190. The number of carbonyl (C=O) groups excluding carboxylic acids is 1. The fourth-order valence-electron chi connectivity index (χ4n) is 3.74. The van der Waals surface area contributed by atoms with Crippen molar-refractivity contribution in [2.75, 3.05) is 26.3 Å². The molecule has 9 heteroatoms. The number of H-pyrrole nitrogens is 1. The molecule has 0 spiro atoms. The van der Waals surface area contributed by atoms with E-state index in [4.69, 9.17) is 14.7 Å². The number of hydrogen-bond donors (Lipinski definition) is 1. The van der Waals surface area contributed by atoms with E-state index in [0.29, 0.717) is 56.0 Å². The molecule has 1 amide bonds. The van der Waals surface area contributed by atoms with Crippen molar-refractivity contribution in [3.8, 4) is 11.9 Å². The Morgan fingerprint density at radius 1 is 1.22 bits per heavy atom. The molecule has 2 aromatic heterocycles. The van der Waals surface area contributed by atoms with E-state index in [1.54, 1.807) is 29.3 Å². The van der Waals surface area contributed by atoms with Gasteiger partial charge in [-0.05, 0) is 24.1 Å². The van der Waals surface area contributed by atoms with Crippen LogP contribution in [0, 0.1) is 11.3 Å². The van der Waals surface area contributed by atoms with E-state index in [2.05, 4.69) is 15.2 Å². The lowest BCUT2D eigenvalue weighted by Crippen LogP contribution is -2.31. The maximum absolute atomic E-state index is 12.5. The van der Waals surface area contributed by atoms with Crippen LogP contribution in [0.1, 0.15) is 24.0 Å². The van der Waals surface area contributed by atoms with Crippen LogP contribution in [0.25, 0.3) is 10.8 Å². The third kappa shape index (κ3) is 5.10. The van der Waals surface area contributed by atoms with Crippen molar-refractivity contribution in [3.63, 3.8) is 0 Å². The number of nitriles is 1. The molecule has 0 aliphatic carbocycles. The van der Waals surface area contributed by atoms with Gasteiger partial charge in [-0.15, -0.1) is 0 Å². The van der Waals surface area contributed by atoms with Gasteiger partial charge in [0.25, 0.3) is 5.56 Å². The minimum absolute atomic E-state index is 0.0322. The molecule has 164 valence electrons. The molecule has 3 heterocycles. The number of rotatable bonds is 8. The number of ether oxygens (including phenoxy) is 2. The number of pyridine rings is 1. The average Bonchev–Trinajstić information content (AvgIpc) is 3.28. The van der Waals surface area contributed by atoms with Gasteiger partial charge in [0.15, 0.2) is 0 Å². The molecule has 32 heavy (non-hydrogen) atoms. The Balaban J connectivity index is 1.18. The predicted molar refractivity (Wildman–Crippen MR) is 116 cm³/mol. The smallest absolute Gasteiger partial charge is 0.272 e. The highest BCUT2D eigenvalue weighted by molar-refractivity contribution is 5.83. The molecule has 1 N–H and O–H groups in total. The lowest BCUT2D eigenvalue weighted by molar-refractivity contribution is -0.131. The first-order valence-corrected chi connectivity index (χ1v) is 10.5. The number of benzene rings is 1. The number of nitrogens with one attached hydrogen (secondary N) is 1. The van der Waals surface area contributed by atoms with Gasteiger partial charge in [0.1, 0.15) is 12.2 Å². The summed E-state index contributed by atoms with van der Waals surface area (Å²) >= 11 is 0. The largest absolute Gasteiger partial charge is 0.472 e. The quantitative estimate of drug-likeness (QED) is 0.538. The summed E-state index contributed by atoms with van der Waals surface area (Å²) < 4.78 is 11.5. The van der Waals surface area contributed by atoms with Crippen molar-refractivity contribution >= 4 is 16.7 Å². The van der Waals surface area contributed by atoms with Gasteiger partial charge in [-0.2, -0.15) is 10.4 Å². The van der Waals surface area contributed by atoms with Gasteiger partial charge in [-0.1, -0.05) is 12.1 Å². The van der Waals surface area contributed by atoms with Crippen LogP contribution in [0.4, 0.5) is 0 Å². The average molecular weight is 433 g/mol. The lowest BCUT2D eigenvalue weighted by Gasteiger charge is -2.17. The van der Waals surface area contributed by atoms with Crippen molar-refractivity contribution in [3.05, 3.63) is 64.2 Å². The topological polar surface area (TPSA) is 121 Å². The van der Waals surface area contributed by atoms with E-state index < -0.39 is 0 Å². The van der Waals surface area contributed by atoms with Crippen LogP contribution in [0.3, 0.4) is 0 Å². The first-order chi connectivity index (χ1) is 15.6. The third-order valence-electron chi connectivity index (χ3n) is 5.43. The molecular weight excluding hydrogens is 410 g/mol. The summed E-state index contributed by atoms with van der Waals surface area (Å²) in [4.78, 5) is 30.2. The van der Waals surface area contributed by atoms with Crippen molar-refractivity contribution in [2.45, 2.75) is 25.4 Å². The highest BCUT2D eigenvalue weighted by atomic mass is 16.5. The van der Waals surface area contributed by atoms with Gasteiger partial charge in [-0.25, -0.2) is 10.1 Å². The standard InChI is InChI=1S/C23H23N5O4/c24-12-16-4-5-21(25-13-16)32-18-6-9-28(15-18)22(29)8-11-31-10-7-17-2-1-3-19-20(17)14-26-27-23(19)30/h1-5,13-14,18H,6-11,15H2,(H,27,30). The molecule has 1 aliphatic rings. The molecular formula is C23H23N5O4. The third-order valence-corrected chi connectivity index (χ3v) is 5.43. The maximum Gasteiger partial charge on any atom is 0.272 e. The van der Waals surface area contributed by atoms with Crippen molar-refractivity contribution in [2.24, 2.45) is 0 Å². The highest BCUT2D eigenvalue weighted by Crippen LogP contribution is 2.18. The molecule has 0 bridgehead atoms. The van der Waals surface area contributed by atoms with Gasteiger partial charge in [-0.3, -0.25) is 9.59 Å². The number of hydrogen-bond acceptors (Lipinski definition) is 7. The molecule has 1 unspecified atom stereocenters. The van der Waals surface area contributed by atoms with E-state index in [-0.39, 0.29) is 17.6 Å². The molecule has 4 rings (SSSR count). The van der Waals surface area contributed by atoms with E-state index in [1.807, 2.05) is 18.2 Å². The molecule has 0 radical (unpaired) electrons. The number of aromatic amines is 1. The van der Waals surface area contributed by atoms with Crippen LogP contribution in [-0.4, -0.2) is 58.4 Å². The van der Waals surface area contributed by atoms with Crippen LogP contribution < -0.4 is 10.3 Å². The molecule has 1 aliphatic heterocycles. The molecule has 9 nitrogen and oxygen atoms in total. The second-order valence-corrected chi connectivity index (χ2v) is 7.56. The lowest BCUT2D eigenvalue weighted by atomic mass is 10.1. The van der Waals surface area contributed by atoms with Crippen LogP contribution in [0.5, 0.6) is 5.88 Å². The molecule has 1 aromatic carbocycles. The van der Waals surface area contributed by atoms with Crippen molar-refractivity contribution < 1.29 is 14.3 Å². The molecule has 0 saturated carbocycles. The van der Waals surface area contributed by atoms with Crippen LogP contribution in [0.15, 0.2) is 47.5 Å². The first-order valence-electron chi connectivity index (χ1n) is 10.5. The zero-order valence-corrected chi connectivity index (χ0v) is 17.5. The second kappa shape index (κ2) is 10.0. The van der Waals surface area contributed by atoms with Crippen LogP contribution in [-0.2, 0) is 16.0 Å². The Hall–Kier alpha value is -3.77. The van der Waals surface area contributed by atoms with E-state index in [1.165, 1.54) is 6.20 Å². The summed E-state index contributed by atoms with van der Waals surface area (Å²) in [5.41, 5.74) is 1.26. The predicted octanol–water partition coefficient (Wildman–Crippen LogP) is 1.82. The Labute approximate surface area is 184 Å². The zero-order valence-electron chi connectivity index (χ0n) is 17.5. The molecule has 1 fully saturated rings. The highest BCUT2D eigenvalue weighted by Gasteiger charge is 2.27. The van der Waals surface area contributed by atoms with E-state index >= 15 is 0 Å². The second-order valence-electron chi connectivity index (χ2n) is 7.56. The Morgan fingerprint density at radius 3 is 2.94 bits per heavy atom. The number of aromatic nitrogens is 3. The fourth-order valence-corrected chi connectivity index (χ4v) is 3.74. The fraction of sp³-hybridized carbons (Fsp3) is 0.348. The summed E-state index contributed by atoms with van der Waals surface area (Å²) in [5, 5.41) is 16.5. The van der Waals surface area contributed by atoms with Gasteiger partial charge < -0.3 is 14.4 Å². The number of carbonyl (C=O) groups is 1. The number of nitrogens with zero attached hydrogens (tertiary/aromatic N) is 4. The van der Waals surface area contributed by atoms with Crippen molar-refractivity contribution in [1.82, 2.24) is 20.1 Å². The number of amides is 1. The normalized spacial score (nSPS) is 15.6. The van der Waals surface area contributed by atoms with E-state index in [9.17, 15) is 9.59 Å². The monoisotopic (exact) mass is 433 g/mol. The summed E-state index contributed by atoms with van der Waals surface area (Å²) in [6, 6.07) is 10.9. The van der Waals surface area contributed by atoms with Crippen LogP contribution in [0.2, 0.25) is 0 Å². The molecule has 3 aromatic rings. The summed E-state index contributed by atoms with van der Waals surface area (Å²) in [6.07, 6.45) is 4.68. The maximum atomic E-state index is 12.5. The van der Waals surface area contributed by atoms with Gasteiger partial charge in [0.2, 0.25) is 11.8 Å². The summed E-state index contributed by atoms with van der Waals surface area (Å²) in [5.74, 6) is 0.488. The Morgan fingerprint density at radius 2 is 2.12 bits per heavy atom. The van der Waals surface area contributed by atoms with Gasteiger partial charge in [0.05, 0.1) is 43.3 Å². The van der Waals surface area contributed by atoms with Gasteiger partial charge in [0, 0.05) is 30.6 Å². The van der Waals surface area contributed by atoms with Gasteiger partial charge >= 0.3 is 0 Å². The summed E-state index contributed by atoms with van der Waals surface area (Å²) in [6.45, 7) is 1.94. The van der Waals surface area contributed by atoms with Crippen molar-refractivity contribution in [1.29, 1.82) is 5.26 Å². The number of likely N-dealkylation sites (tertiary alicyclic amines) is 1. The minimum atomic E-state index is -0.210. The zero-order chi connectivity index (χ0) is 22.3. The first kappa shape index (κ1) is 21.5. The Kier molecular flexibility index (Phi) is 6.72. The minimum Gasteiger partial charge on any atom is -0.472 e. The van der Waals surface area contributed by atoms with Crippen LogP contribution >= 0.6 is 0 Å². The molecule has 1 saturated heterocycles. The summed E-state index contributed by atoms with van der Waals surface area (Å²) in [7, 11) is 0. The molecule has 1 atom stereocenters.